The van der Waals surface area contributed by atoms with Crippen molar-refractivity contribution < 1.29 is 19.0 Å². The van der Waals surface area contributed by atoms with E-state index in [2.05, 4.69) is 5.32 Å². The van der Waals surface area contributed by atoms with E-state index in [0.717, 1.165) is 0 Å². The van der Waals surface area contributed by atoms with Crippen molar-refractivity contribution in [1.29, 1.82) is 0 Å². The fourth-order valence-electron chi connectivity index (χ4n) is 1.96. The molecule has 0 aliphatic heterocycles. The normalized spacial score (nSPS) is 10.2. The maximum Gasteiger partial charge on any atom is 0.337 e. The molecule has 2 aromatic carbocycles. The third-order valence-corrected chi connectivity index (χ3v) is 3.34. The molecule has 4 nitrogen and oxygen atoms in total. The fourth-order valence-corrected chi connectivity index (χ4v) is 2.19. The molecule has 0 aliphatic rings. The Kier molecular flexibility index (Phi) is 4.65. The minimum atomic E-state index is -1.21. The number of carboxylic acid groups (broad SMARTS) is 1. The van der Waals surface area contributed by atoms with Crippen molar-refractivity contribution in [2.75, 3.05) is 12.4 Å². The van der Waals surface area contributed by atoms with Gasteiger partial charge in [0.25, 0.3) is 0 Å². The zero-order valence-electron chi connectivity index (χ0n) is 11.2. The lowest BCUT2D eigenvalue weighted by Crippen LogP contribution is -2.09. The highest BCUT2D eigenvalue weighted by Gasteiger charge is 2.15. The van der Waals surface area contributed by atoms with E-state index < -0.39 is 11.8 Å². The van der Waals surface area contributed by atoms with Crippen LogP contribution in [0.15, 0.2) is 36.4 Å². The van der Waals surface area contributed by atoms with Gasteiger partial charge >= 0.3 is 5.97 Å². The number of benzene rings is 2. The van der Waals surface area contributed by atoms with Crippen LogP contribution in [-0.4, -0.2) is 18.2 Å². The Morgan fingerprint density at radius 1 is 1.33 bits per heavy atom. The van der Waals surface area contributed by atoms with Crippen LogP contribution in [0.4, 0.5) is 10.1 Å². The Bertz CT molecular complexity index is 676. The molecule has 0 fully saturated rings. The number of rotatable bonds is 5. The summed E-state index contributed by atoms with van der Waals surface area (Å²) in [5.41, 5.74) is 0.411. The van der Waals surface area contributed by atoms with Gasteiger partial charge in [-0.25, -0.2) is 9.18 Å². The van der Waals surface area contributed by atoms with Gasteiger partial charge in [0.05, 0.1) is 18.4 Å². The van der Waals surface area contributed by atoms with Crippen molar-refractivity contribution in [1.82, 2.24) is 0 Å². The Hall–Kier alpha value is -2.27. The molecule has 110 valence electrons. The van der Waals surface area contributed by atoms with Crippen LogP contribution in [-0.2, 0) is 6.54 Å². The van der Waals surface area contributed by atoms with Gasteiger partial charge in [0.2, 0.25) is 0 Å². The Morgan fingerprint density at radius 2 is 2.05 bits per heavy atom. The van der Waals surface area contributed by atoms with Gasteiger partial charge in [-0.15, -0.1) is 0 Å². The van der Waals surface area contributed by atoms with Crippen LogP contribution < -0.4 is 10.1 Å². The monoisotopic (exact) mass is 309 g/mol. The lowest BCUT2D eigenvalue weighted by molar-refractivity contribution is 0.0697. The molecule has 0 atom stereocenters. The molecule has 0 spiro atoms. The van der Waals surface area contributed by atoms with E-state index >= 15 is 0 Å². The number of nitrogens with one attached hydrogen (secondary N) is 1. The van der Waals surface area contributed by atoms with Gasteiger partial charge in [0.15, 0.2) is 0 Å². The van der Waals surface area contributed by atoms with Crippen LogP contribution >= 0.6 is 11.6 Å². The summed E-state index contributed by atoms with van der Waals surface area (Å²) in [5.74, 6) is -1.30. The molecular formula is C15H13ClFNO3. The number of ether oxygens (including phenoxy) is 1. The number of anilines is 1. The van der Waals surface area contributed by atoms with Crippen molar-refractivity contribution in [3.63, 3.8) is 0 Å². The highest BCUT2D eigenvalue weighted by Crippen LogP contribution is 2.28. The lowest BCUT2D eigenvalue weighted by atomic mass is 10.1. The van der Waals surface area contributed by atoms with Gasteiger partial charge in [0.1, 0.15) is 11.6 Å². The molecule has 6 heteroatoms. The van der Waals surface area contributed by atoms with Crippen LogP contribution in [0.3, 0.4) is 0 Å². The van der Waals surface area contributed by atoms with Crippen molar-refractivity contribution in [3.8, 4) is 5.75 Å². The van der Waals surface area contributed by atoms with Crippen LogP contribution in [0.5, 0.6) is 5.75 Å². The number of methoxy groups -OCH3 is 1. The van der Waals surface area contributed by atoms with E-state index in [4.69, 9.17) is 21.4 Å². The summed E-state index contributed by atoms with van der Waals surface area (Å²) in [6, 6.07) is 9.01. The maximum absolute atomic E-state index is 13.8. The number of carboxylic acids is 1. The molecular weight excluding hydrogens is 297 g/mol. The van der Waals surface area contributed by atoms with E-state index in [1.165, 1.54) is 25.3 Å². The first kappa shape index (κ1) is 15.1. The second kappa shape index (κ2) is 6.45. The largest absolute Gasteiger partial charge is 0.496 e. The summed E-state index contributed by atoms with van der Waals surface area (Å²) in [6.07, 6.45) is 0. The summed E-state index contributed by atoms with van der Waals surface area (Å²) in [7, 11) is 1.50. The van der Waals surface area contributed by atoms with E-state index in [1.54, 1.807) is 18.2 Å². The first-order valence-corrected chi connectivity index (χ1v) is 6.49. The zero-order valence-corrected chi connectivity index (χ0v) is 11.9. The molecule has 0 unspecified atom stereocenters. The van der Waals surface area contributed by atoms with Crippen molar-refractivity contribution >= 4 is 23.3 Å². The van der Waals surface area contributed by atoms with Crippen LogP contribution in [0.1, 0.15) is 15.9 Å². The third kappa shape index (κ3) is 3.25. The summed E-state index contributed by atoms with van der Waals surface area (Å²) in [6.45, 7) is 0.143. The predicted octanol–water partition coefficient (Wildman–Crippen LogP) is 3.80. The summed E-state index contributed by atoms with van der Waals surface area (Å²) < 4.78 is 19.0. The van der Waals surface area contributed by atoms with E-state index in [0.29, 0.717) is 16.3 Å². The summed E-state index contributed by atoms with van der Waals surface area (Å²) in [4.78, 5) is 11.1. The van der Waals surface area contributed by atoms with Crippen molar-refractivity contribution in [2.24, 2.45) is 0 Å². The first-order valence-electron chi connectivity index (χ1n) is 6.11. The molecule has 0 amide bonds. The standard InChI is InChI=1S/C15H13ClFNO3/c1-21-13-7-3-5-11(16)10(13)8-18-14-9(15(19)20)4-2-6-12(14)17/h2-7,18H,8H2,1H3,(H,19,20). The van der Waals surface area contributed by atoms with Gasteiger partial charge < -0.3 is 15.2 Å². The van der Waals surface area contributed by atoms with Gasteiger partial charge in [-0.3, -0.25) is 0 Å². The van der Waals surface area contributed by atoms with Gasteiger partial charge in [-0.1, -0.05) is 23.7 Å². The highest BCUT2D eigenvalue weighted by atomic mass is 35.5. The molecule has 21 heavy (non-hydrogen) atoms. The topological polar surface area (TPSA) is 58.6 Å². The Morgan fingerprint density at radius 3 is 2.71 bits per heavy atom. The summed E-state index contributed by atoms with van der Waals surface area (Å²) >= 11 is 6.09. The number of hydrogen-bond donors (Lipinski definition) is 2. The van der Waals surface area contributed by atoms with E-state index in [1.807, 2.05) is 0 Å². The van der Waals surface area contributed by atoms with E-state index in [-0.39, 0.29) is 17.8 Å². The van der Waals surface area contributed by atoms with Gasteiger partial charge in [0, 0.05) is 17.1 Å². The number of aromatic carboxylic acids is 1. The third-order valence-electron chi connectivity index (χ3n) is 2.98. The average molecular weight is 310 g/mol. The van der Waals surface area contributed by atoms with Gasteiger partial charge in [-0.2, -0.15) is 0 Å². The second-order valence-electron chi connectivity index (χ2n) is 4.24. The van der Waals surface area contributed by atoms with E-state index in [9.17, 15) is 9.18 Å². The van der Waals surface area contributed by atoms with Crippen molar-refractivity contribution in [2.45, 2.75) is 6.54 Å². The molecule has 2 N–H and O–H groups in total. The smallest absolute Gasteiger partial charge is 0.337 e. The molecule has 0 aliphatic carbocycles. The zero-order chi connectivity index (χ0) is 15.4. The predicted molar refractivity (Wildman–Crippen MR) is 78.7 cm³/mol. The molecule has 2 aromatic rings. The SMILES string of the molecule is COc1cccc(Cl)c1CNc1c(F)cccc1C(=O)O. The summed E-state index contributed by atoms with van der Waals surface area (Å²) in [5, 5.41) is 12.3. The van der Waals surface area contributed by atoms with Gasteiger partial charge in [-0.05, 0) is 24.3 Å². The Balaban J connectivity index is 2.31. The Labute approximate surface area is 126 Å². The number of halogens is 2. The average Bonchev–Trinajstić information content (AvgIpc) is 2.46. The van der Waals surface area contributed by atoms with Crippen LogP contribution in [0.25, 0.3) is 0 Å². The molecule has 0 bridgehead atoms. The minimum absolute atomic E-state index is 0.0769. The number of carbonyl (C=O) groups is 1. The lowest BCUT2D eigenvalue weighted by Gasteiger charge is -2.14. The molecule has 0 saturated carbocycles. The number of para-hydroxylation sites is 1. The molecule has 0 radical (unpaired) electrons. The maximum atomic E-state index is 13.8. The number of hydrogen-bond acceptors (Lipinski definition) is 3. The highest BCUT2D eigenvalue weighted by molar-refractivity contribution is 6.31. The first-order chi connectivity index (χ1) is 10.0. The molecule has 0 heterocycles. The molecule has 2 rings (SSSR count). The van der Waals surface area contributed by atoms with Crippen LogP contribution in [0, 0.1) is 5.82 Å². The quantitative estimate of drug-likeness (QED) is 0.882. The van der Waals surface area contributed by atoms with Crippen LogP contribution in [0.2, 0.25) is 5.02 Å². The van der Waals surface area contributed by atoms with Crippen molar-refractivity contribution in [3.05, 3.63) is 58.4 Å². The minimum Gasteiger partial charge on any atom is -0.496 e. The fraction of sp³-hybridized carbons (Fsp3) is 0.133. The molecule has 0 aromatic heterocycles. The molecule has 0 saturated heterocycles. The second-order valence-corrected chi connectivity index (χ2v) is 4.65.